The summed E-state index contributed by atoms with van der Waals surface area (Å²) < 4.78 is 11.9. The molecule has 0 fully saturated rings. The summed E-state index contributed by atoms with van der Waals surface area (Å²) >= 11 is 14.4. The maximum atomic E-state index is 10.6. The minimum Gasteiger partial charge on any atom is -0.483 e. The first-order chi connectivity index (χ1) is 8.40. The van der Waals surface area contributed by atoms with Crippen molar-refractivity contribution in [1.82, 2.24) is 0 Å². The number of carbonyl (C=O) groups excluding carboxylic acids is 2. The molecule has 0 amide bonds. The largest absolute Gasteiger partial charge is 0.483 e. The van der Waals surface area contributed by atoms with Crippen molar-refractivity contribution in [2.45, 2.75) is 0 Å². The molecule has 0 aliphatic rings. The Morgan fingerprint density at radius 2 is 1.28 bits per heavy atom. The summed E-state index contributed by atoms with van der Waals surface area (Å²) in [6.07, 6.45) is 0. The van der Waals surface area contributed by atoms with Crippen LogP contribution < -0.4 is 9.47 Å². The first-order valence-electron chi connectivity index (χ1n) is 4.51. The van der Waals surface area contributed by atoms with Crippen LogP contribution in [0.25, 0.3) is 0 Å². The van der Waals surface area contributed by atoms with Gasteiger partial charge in [0.1, 0.15) is 11.5 Å². The lowest BCUT2D eigenvalue weighted by atomic mass is 10.3. The highest BCUT2D eigenvalue weighted by atomic mass is 127. The van der Waals surface area contributed by atoms with Gasteiger partial charge in [-0.3, -0.25) is 9.59 Å². The van der Waals surface area contributed by atoms with E-state index in [1.54, 1.807) is 12.1 Å². The third kappa shape index (κ3) is 5.45. The summed E-state index contributed by atoms with van der Waals surface area (Å²) in [5.41, 5.74) is 0. The van der Waals surface area contributed by atoms with Gasteiger partial charge in [-0.2, -0.15) is 0 Å². The summed E-state index contributed by atoms with van der Waals surface area (Å²) in [4.78, 5) is 21.2. The Hall–Kier alpha value is 0.200. The van der Waals surface area contributed by atoms with Crippen molar-refractivity contribution in [3.8, 4) is 11.5 Å². The number of benzene rings is 1. The topological polar surface area (TPSA) is 52.6 Å². The zero-order chi connectivity index (χ0) is 13.7. The Labute approximate surface area is 141 Å². The number of ether oxygens (including phenoxy) is 2. The zero-order valence-corrected chi connectivity index (χ0v) is 14.5. The van der Waals surface area contributed by atoms with Crippen LogP contribution in [0.1, 0.15) is 0 Å². The van der Waals surface area contributed by atoms with Crippen LogP contribution in [-0.4, -0.2) is 23.7 Å². The van der Waals surface area contributed by atoms with Gasteiger partial charge >= 0.3 is 0 Å². The van der Waals surface area contributed by atoms with Gasteiger partial charge in [-0.1, -0.05) is 0 Å². The highest BCUT2D eigenvalue weighted by molar-refractivity contribution is 14.1. The molecule has 0 bridgehead atoms. The van der Waals surface area contributed by atoms with E-state index >= 15 is 0 Å². The molecule has 0 saturated heterocycles. The van der Waals surface area contributed by atoms with Crippen molar-refractivity contribution in [2.24, 2.45) is 0 Å². The summed E-state index contributed by atoms with van der Waals surface area (Å²) in [6.45, 7) is -0.401. The van der Waals surface area contributed by atoms with Crippen LogP contribution in [-0.2, 0) is 9.59 Å². The molecule has 0 aliphatic heterocycles. The molecular formula is C10H6Cl2I2O4. The highest BCUT2D eigenvalue weighted by Gasteiger charge is 2.11. The lowest BCUT2D eigenvalue weighted by molar-refractivity contribution is -0.114. The minimum atomic E-state index is -0.575. The molecule has 1 rings (SSSR count). The van der Waals surface area contributed by atoms with E-state index in [1.165, 1.54) is 0 Å². The zero-order valence-electron chi connectivity index (χ0n) is 8.71. The van der Waals surface area contributed by atoms with Crippen molar-refractivity contribution in [3.63, 3.8) is 0 Å². The minimum absolute atomic E-state index is 0.200. The first kappa shape index (κ1) is 16.3. The Balaban J connectivity index is 2.82. The number of hydrogen-bond donors (Lipinski definition) is 0. The smallest absolute Gasteiger partial charge is 0.259 e. The number of carbonyl (C=O) groups is 2. The van der Waals surface area contributed by atoms with Crippen LogP contribution in [0.5, 0.6) is 11.5 Å². The molecule has 8 heteroatoms. The average Bonchev–Trinajstić information content (AvgIpc) is 2.27. The second-order valence-corrected chi connectivity index (χ2v) is 6.17. The molecular weight excluding hydrogens is 509 g/mol. The van der Waals surface area contributed by atoms with E-state index in [-0.39, 0.29) is 13.2 Å². The number of halogens is 4. The van der Waals surface area contributed by atoms with Gasteiger partial charge in [0.05, 0.1) is 7.14 Å². The molecule has 18 heavy (non-hydrogen) atoms. The van der Waals surface area contributed by atoms with Gasteiger partial charge in [0, 0.05) is 0 Å². The van der Waals surface area contributed by atoms with Crippen molar-refractivity contribution in [1.29, 1.82) is 0 Å². The van der Waals surface area contributed by atoms with Gasteiger partial charge in [-0.15, -0.1) is 0 Å². The Morgan fingerprint density at radius 1 is 0.944 bits per heavy atom. The van der Waals surface area contributed by atoms with Crippen LogP contribution in [0.4, 0.5) is 0 Å². The molecule has 98 valence electrons. The maximum absolute atomic E-state index is 10.6. The predicted molar refractivity (Wildman–Crippen MR) is 84.6 cm³/mol. The monoisotopic (exact) mass is 514 g/mol. The van der Waals surface area contributed by atoms with Gasteiger partial charge in [0.25, 0.3) is 10.5 Å². The molecule has 0 spiro atoms. The SMILES string of the molecule is O=C(Cl)COc1cc(I)c(OCC(=O)Cl)cc1I. The summed E-state index contributed by atoms with van der Waals surface area (Å²) in [6, 6.07) is 3.38. The van der Waals surface area contributed by atoms with E-state index in [2.05, 4.69) is 0 Å². The van der Waals surface area contributed by atoms with E-state index in [9.17, 15) is 9.59 Å². The van der Waals surface area contributed by atoms with E-state index < -0.39 is 10.5 Å². The number of hydrogen-bond acceptors (Lipinski definition) is 4. The van der Waals surface area contributed by atoms with Crippen molar-refractivity contribution >= 4 is 78.9 Å². The lowest BCUT2D eigenvalue weighted by Crippen LogP contribution is -2.08. The molecule has 0 radical (unpaired) electrons. The van der Waals surface area contributed by atoms with Crippen LogP contribution in [0.2, 0.25) is 0 Å². The standard InChI is InChI=1S/C10H6Cl2I2O4/c11-9(15)3-17-7-1-5(13)8(2-6(7)14)18-4-10(12)16/h1-2H,3-4H2. The van der Waals surface area contributed by atoms with Crippen LogP contribution in [0, 0.1) is 7.14 Å². The van der Waals surface area contributed by atoms with E-state index in [0.29, 0.717) is 11.5 Å². The van der Waals surface area contributed by atoms with E-state index in [4.69, 9.17) is 32.7 Å². The van der Waals surface area contributed by atoms with Crippen molar-refractivity contribution in [2.75, 3.05) is 13.2 Å². The van der Waals surface area contributed by atoms with Crippen molar-refractivity contribution in [3.05, 3.63) is 19.3 Å². The fourth-order valence-corrected chi connectivity index (χ4v) is 2.30. The van der Waals surface area contributed by atoms with Gasteiger partial charge in [-0.05, 0) is 80.5 Å². The molecule has 1 aromatic rings. The molecule has 0 N–H and O–H groups in total. The van der Waals surface area contributed by atoms with Gasteiger partial charge < -0.3 is 9.47 Å². The molecule has 0 unspecified atom stereocenters. The molecule has 0 atom stereocenters. The quantitative estimate of drug-likeness (QED) is 0.432. The Bertz CT molecular complexity index is 435. The highest BCUT2D eigenvalue weighted by Crippen LogP contribution is 2.31. The summed E-state index contributed by atoms with van der Waals surface area (Å²) in [7, 11) is 0. The van der Waals surface area contributed by atoms with Gasteiger partial charge in [0.15, 0.2) is 13.2 Å². The predicted octanol–water partition coefficient (Wildman–Crippen LogP) is 3.18. The van der Waals surface area contributed by atoms with E-state index in [1.807, 2.05) is 45.2 Å². The third-order valence-electron chi connectivity index (χ3n) is 1.67. The summed E-state index contributed by atoms with van der Waals surface area (Å²) in [5.74, 6) is 1.05. The molecule has 0 aromatic heterocycles. The molecule has 0 aliphatic carbocycles. The normalized spacial score (nSPS) is 10.0. The van der Waals surface area contributed by atoms with Gasteiger partial charge in [-0.25, -0.2) is 0 Å². The Morgan fingerprint density at radius 3 is 1.56 bits per heavy atom. The van der Waals surface area contributed by atoms with E-state index in [0.717, 1.165) is 7.14 Å². The molecule has 0 saturated carbocycles. The molecule has 1 aromatic carbocycles. The molecule has 4 nitrogen and oxygen atoms in total. The maximum Gasteiger partial charge on any atom is 0.259 e. The molecule has 0 heterocycles. The van der Waals surface area contributed by atoms with Crippen LogP contribution >= 0.6 is 68.4 Å². The second-order valence-electron chi connectivity index (χ2n) is 3.00. The first-order valence-corrected chi connectivity index (χ1v) is 7.43. The lowest BCUT2D eigenvalue weighted by Gasteiger charge is -2.11. The fourth-order valence-electron chi connectivity index (χ4n) is 1.00. The second kappa shape index (κ2) is 7.71. The number of rotatable bonds is 6. The summed E-state index contributed by atoms with van der Waals surface area (Å²) in [5, 5.41) is -1.15. The van der Waals surface area contributed by atoms with Gasteiger partial charge in [0.2, 0.25) is 0 Å². The Kier molecular flexibility index (Phi) is 6.96. The third-order valence-corrected chi connectivity index (χ3v) is 3.57. The average molecular weight is 515 g/mol. The van der Waals surface area contributed by atoms with Crippen LogP contribution in [0.15, 0.2) is 12.1 Å². The fraction of sp³-hybridized carbons (Fsp3) is 0.200. The van der Waals surface area contributed by atoms with Crippen molar-refractivity contribution < 1.29 is 19.1 Å². The van der Waals surface area contributed by atoms with Crippen LogP contribution in [0.3, 0.4) is 0 Å².